The lowest BCUT2D eigenvalue weighted by molar-refractivity contribution is 0.0699. The lowest BCUT2D eigenvalue weighted by Crippen LogP contribution is -2.26. The van der Waals surface area contributed by atoms with E-state index < -0.39 is 15.8 Å². The minimum absolute atomic E-state index is 0.138. The van der Waals surface area contributed by atoms with E-state index in [2.05, 4.69) is 4.72 Å². The van der Waals surface area contributed by atoms with E-state index in [0.29, 0.717) is 26.2 Å². The molecule has 1 rings (SSSR count). The Morgan fingerprint density at radius 3 is 2.70 bits per heavy atom. The maximum Gasteiger partial charge on any atom is 0.242 e. The molecular formula is C12H17ClFNO4S. The summed E-state index contributed by atoms with van der Waals surface area (Å²) < 4.78 is 49.1. The first-order chi connectivity index (χ1) is 9.47. The zero-order valence-electron chi connectivity index (χ0n) is 11.1. The highest BCUT2D eigenvalue weighted by Crippen LogP contribution is 2.21. The monoisotopic (exact) mass is 325 g/mol. The molecule has 0 aliphatic carbocycles. The van der Waals surface area contributed by atoms with Crippen molar-refractivity contribution in [2.75, 3.05) is 33.5 Å². The molecule has 20 heavy (non-hydrogen) atoms. The molecule has 5 nitrogen and oxygen atoms in total. The van der Waals surface area contributed by atoms with Gasteiger partial charge in [-0.1, -0.05) is 11.6 Å². The van der Waals surface area contributed by atoms with Gasteiger partial charge in [0, 0.05) is 20.3 Å². The summed E-state index contributed by atoms with van der Waals surface area (Å²) in [5.74, 6) is -0.583. The first kappa shape index (κ1) is 17.3. The number of rotatable bonds is 9. The molecular weight excluding hydrogens is 309 g/mol. The Balaban J connectivity index is 2.42. The highest BCUT2D eigenvalue weighted by molar-refractivity contribution is 7.89. The first-order valence-electron chi connectivity index (χ1n) is 5.99. The fraction of sp³-hybridized carbons (Fsp3) is 0.500. The molecule has 0 atom stereocenters. The zero-order valence-corrected chi connectivity index (χ0v) is 12.6. The van der Waals surface area contributed by atoms with Gasteiger partial charge in [0.2, 0.25) is 10.0 Å². The minimum atomic E-state index is -3.73. The van der Waals surface area contributed by atoms with Crippen LogP contribution in [0.5, 0.6) is 0 Å². The van der Waals surface area contributed by atoms with Crippen LogP contribution >= 0.6 is 11.6 Å². The van der Waals surface area contributed by atoms with Crippen molar-refractivity contribution in [3.63, 3.8) is 0 Å². The number of methoxy groups -OCH3 is 1. The second-order valence-corrected chi connectivity index (χ2v) is 6.07. The minimum Gasteiger partial charge on any atom is -0.382 e. The van der Waals surface area contributed by atoms with Gasteiger partial charge in [-0.25, -0.2) is 17.5 Å². The lowest BCUT2D eigenvalue weighted by Gasteiger charge is -2.08. The topological polar surface area (TPSA) is 64.6 Å². The van der Waals surface area contributed by atoms with Gasteiger partial charge >= 0.3 is 0 Å². The number of sulfonamides is 1. The van der Waals surface area contributed by atoms with Gasteiger partial charge in [0.25, 0.3) is 0 Å². The molecule has 0 amide bonds. The molecule has 0 spiro atoms. The maximum absolute atomic E-state index is 12.9. The average molecular weight is 326 g/mol. The molecule has 0 unspecified atom stereocenters. The average Bonchev–Trinajstić information content (AvgIpc) is 2.37. The normalized spacial score (nSPS) is 11.8. The molecule has 0 aromatic heterocycles. The molecule has 0 heterocycles. The van der Waals surface area contributed by atoms with Crippen LogP contribution in [0.4, 0.5) is 4.39 Å². The zero-order chi connectivity index (χ0) is 15.0. The van der Waals surface area contributed by atoms with Crippen molar-refractivity contribution in [2.24, 2.45) is 0 Å². The summed E-state index contributed by atoms with van der Waals surface area (Å²) in [6.07, 6.45) is 0.516. The van der Waals surface area contributed by atoms with Crippen LogP contribution in [0.25, 0.3) is 0 Å². The van der Waals surface area contributed by atoms with E-state index in [-0.39, 0.29) is 16.5 Å². The summed E-state index contributed by atoms with van der Waals surface area (Å²) in [4.78, 5) is -0.138. The standard InChI is InChI=1S/C12H17ClFNO4S/c1-18-7-8-19-6-2-5-15-20(16,17)12-4-3-10(14)9-11(12)13/h3-4,9,15H,2,5-8H2,1H3. The van der Waals surface area contributed by atoms with E-state index in [9.17, 15) is 12.8 Å². The molecule has 1 N–H and O–H groups in total. The number of hydrogen-bond acceptors (Lipinski definition) is 4. The first-order valence-corrected chi connectivity index (χ1v) is 7.85. The Hall–Kier alpha value is -0.730. The summed E-state index contributed by atoms with van der Waals surface area (Å²) in [7, 11) is -2.16. The number of hydrogen-bond donors (Lipinski definition) is 1. The van der Waals surface area contributed by atoms with E-state index in [1.807, 2.05) is 0 Å². The van der Waals surface area contributed by atoms with Gasteiger partial charge in [-0.15, -0.1) is 0 Å². The van der Waals surface area contributed by atoms with Crippen molar-refractivity contribution in [2.45, 2.75) is 11.3 Å². The van der Waals surface area contributed by atoms with E-state index in [0.717, 1.165) is 18.2 Å². The van der Waals surface area contributed by atoms with Crippen LogP contribution in [0.2, 0.25) is 5.02 Å². The molecule has 114 valence electrons. The molecule has 1 aromatic rings. The second kappa shape index (κ2) is 8.53. The Kier molecular flexibility index (Phi) is 7.39. The lowest BCUT2D eigenvalue weighted by atomic mass is 10.3. The number of ether oxygens (including phenoxy) is 2. The van der Waals surface area contributed by atoms with Crippen LogP contribution in [0.15, 0.2) is 23.1 Å². The molecule has 8 heteroatoms. The van der Waals surface area contributed by atoms with Crippen LogP contribution in [-0.4, -0.2) is 41.9 Å². The summed E-state index contributed by atoms with van der Waals surface area (Å²) in [6.45, 7) is 1.59. The van der Waals surface area contributed by atoms with Crippen molar-refractivity contribution < 1.29 is 22.3 Å². The Bertz CT molecular complexity index is 524. The molecule has 0 saturated carbocycles. The van der Waals surface area contributed by atoms with Gasteiger partial charge in [0.05, 0.1) is 18.2 Å². The third-order valence-electron chi connectivity index (χ3n) is 2.37. The number of benzene rings is 1. The van der Waals surface area contributed by atoms with Crippen LogP contribution < -0.4 is 4.72 Å². The van der Waals surface area contributed by atoms with E-state index in [4.69, 9.17) is 21.1 Å². The smallest absolute Gasteiger partial charge is 0.242 e. The van der Waals surface area contributed by atoms with Crippen LogP contribution in [-0.2, 0) is 19.5 Å². The van der Waals surface area contributed by atoms with E-state index in [1.165, 1.54) is 0 Å². The molecule has 0 fully saturated rings. The quantitative estimate of drug-likeness (QED) is 0.703. The molecule has 0 bridgehead atoms. The molecule has 1 aromatic carbocycles. The summed E-state index contributed by atoms with van der Waals surface area (Å²) >= 11 is 5.71. The van der Waals surface area contributed by atoms with Crippen LogP contribution in [0.1, 0.15) is 6.42 Å². The van der Waals surface area contributed by atoms with E-state index in [1.54, 1.807) is 7.11 Å². The fourth-order valence-electron chi connectivity index (χ4n) is 1.40. The Morgan fingerprint density at radius 2 is 2.05 bits per heavy atom. The third-order valence-corrected chi connectivity index (χ3v) is 4.32. The van der Waals surface area contributed by atoms with Crippen molar-refractivity contribution in [3.05, 3.63) is 29.0 Å². The predicted molar refractivity (Wildman–Crippen MR) is 73.9 cm³/mol. The van der Waals surface area contributed by atoms with Crippen LogP contribution in [0.3, 0.4) is 0 Å². The predicted octanol–water partition coefficient (Wildman–Crippen LogP) is 1.81. The van der Waals surface area contributed by atoms with Crippen molar-refractivity contribution >= 4 is 21.6 Å². The van der Waals surface area contributed by atoms with Gasteiger partial charge in [-0.05, 0) is 24.6 Å². The highest BCUT2D eigenvalue weighted by Gasteiger charge is 2.17. The molecule has 0 radical (unpaired) electrons. The van der Waals surface area contributed by atoms with E-state index >= 15 is 0 Å². The van der Waals surface area contributed by atoms with Crippen molar-refractivity contribution in [3.8, 4) is 0 Å². The molecule has 0 aliphatic rings. The van der Waals surface area contributed by atoms with Gasteiger partial charge in [-0.2, -0.15) is 0 Å². The summed E-state index contributed by atoms with van der Waals surface area (Å²) in [5, 5.41) is -0.145. The highest BCUT2D eigenvalue weighted by atomic mass is 35.5. The second-order valence-electron chi connectivity index (χ2n) is 3.93. The van der Waals surface area contributed by atoms with Gasteiger partial charge in [0.1, 0.15) is 10.7 Å². The van der Waals surface area contributed by atoms with Crippen LogP contribution in [0, 0.1) is 5.82 Å². The Morgan fingerprint density at radius 1 is 1.30 bits per heavy atom. The Labute approximate surface area is 123 Å². The molecule has 0 aliphatic heterocycles. The summed E-state index contributed by atoms with van der Waals surface area (Å²) in [6, 6.07) is 3.15. The fourth-order valence-corrected chi connectivity index (χ4v) is 3.00. The maximum atomic E-state index is 12.9. The van der Waals surface area contributed by atoms with Gasteiger partial charge < -0.3 is 9.47 Å². The molecule has 0 saturated heterocycles. The largest absolute Gasteiger partial charge is 0.382 e. The van der Waals surface area contributed by atoms with Crippen molar-refractivity contribution in [1.29, 1.82) is 0 Å². The van der Waals surface area contributed by atoms with Gasteiger partial charge in [0.15, 0.2) is 0 Å². The third kappa shape index (κ3) is 5.72. The summed E-state index contributed by atoms with van der Waals surface area (Å²) in [5.41, 5.74) is 0. The SMILES string of the molecule is COCCOCCCNS(=O)(=O)c1ccc(F)cc1Cl. The number of halogens is 2. The number of nitrogens with one attached hydrogen (secondary N) is 1. The van der Waals surface area contributed by atoms with Crippen molar-refractivity contribution in [1.82, 2.24) is 4.72 Å². The van der Waals surface area contributed by atoms with Gasteiger partial charge in [-0.3, -0.25) is 0 Å².